The van der Waals surface area contributed by atoms with E-state index in [-0.39, 0.29) is 0 Å². The van der Waals surface area contributed by atoms with E-state index in [1.807, 2.05) is 6.92 Å². The van der Waals surface area contributed by atoms with E-state index in [9.17, 15) is 18.3 Å². The highest BCUT2D eigenvalue weighted by Gasteiger charge is 2.39. The zero-order chi connectivity index (χ0) is 15.5. The van der Waals surface area contributed by atoms with Gasteiger partial charge in [-0.25, -0.2) is 0 Å². The average molecular weight is 319 g/mol. The minimum atomic E-state index is -4.29. The summed E-state index contributed by atoms with van der Waals surface area (Å²) in [6.07, 6.45) is -2.52. The molecular formula is C15H20F3NOS. The van der Waals surface area contributed by atoms with Gasteiger partial charge in [-0.2, -0.15) is 13.2 Å². The van der Waals surface area contributed by atoms with Crippen LogP contribution in [0.25, 0.3) is 0 Å². The monoisotopic (exact) mass is 319 g/mol. The number of benzene rings is 1. The second-order valence-corrected chi connectivity index (χ2v) is 6.73. The van der Waals surface area contributed by atoms with E-state index in [2.05, 4.69) is 4.90 Å². The van der Waals surface area contributed by atoms with Crippen LogP contribution in [0.1, 0.15) is 25.3 Å². The van der Waals surface area contributed by atoms with E-state index < -0.39 is 17.3 Å². The highest BCUT2D eigenvalue weighted by molar-refractivity contribution is 7.99. The second-order valence-electron chi connectivity index (χ2n) is 5.56. The van der Waals surface area contributed by atoms with Gasteiger partial charge in [0, 0.05) is 30.3 Å². The van der Waals surface area contributed by atoms with Crippen molar-refractivity contribution in [1.82, 2.24) is 4.90 Å². The molecule has 118 valence electrons. The van der Waals surface area contributed by atoms with Crippen molar-refractivity contribution in [3.8, 4) is 0 Å². The molecule has 1 saturated heterocycles. The maximum absolute atomic E-state index is 12.6. The van der Waals surface area contributed by atoms with Crippen LogP contribution in [-0.4, -0.2) is 41.0 Å². The fraction of sp³-hybridized carbons (Fsp3) is 0.600. The predicted molar refractivity (Wildman–Crippen MR) is 78.5 cm³/mol. The van der Waals surface area contributed by atoms with E-state index >= 15 is 0 Å². The standard InChI is InChI=1S/C15H20F3NOS/c1-2-6-14(20)10-19(11-14)7-8-21-13-5-3-4-12(9-13)15(16,17)18/h3-5,9,20H,2,6-8,10-11H2,1H3. The molecule has 0 amide bonds. The summed E-state index contributed by atoms with van der Waals surface area (Å²) in [7, 11) is 0. The molecule has 2 nitrogen and oxygen atoms in total. The Labute approximate surface area is 127 Å². The van der Waals surface area contributed by atoms with Gasteiger partial charge < -0.3 is 5.11 Å². The Morgan fingerprint density at radius 2 is 2.05 bits per heavy atom. The van der Waals surface area contributed by atoms with E-state index in [1.165, 1.54) is 23.9 Å². The lowest BCUT2D eigenvalue weighted by atomic mass is 9.89. The van der Waals surface area contributed by atoms with Gasteiger partial charge in [0.2, 0.25) is 0 Å². The molecule has 1 aliphatic rings. The molecule has 21 heavy (non-hydrogen) atoms. The summed E-state index contributed by atoms with van der Waals surface area (Å²) < 4.78 is 37.8. The third kappa shape index (κ3) is 4.63. The van der Waals surface area contributed by atoms with Crippen molar-refractivity contribution in [2.24, 2.45) is 0 Å². The molecule has 0 aliphatic carbocycles. The van der Waals surface area contributed by atoms with E-state index in [0.29, 0.717) is 18.0 Å². The van der Waals surface area contributed by atoms with Crippen molar-refractivity contribution >= 4 is 11.8 Å². The number of alkyl halides is 3. The first kappa shape index (κ1) is 16.6. The van der Waals surface area contributed by atoms with Crippen molar-refractivity contribution in [3.05, 3.63) is 29.8 Å². The minimum Gasteiger partial charge on any atom is -0.387 e. The van der Waals surface area contributed by atoms with E-state index in [4.69, 9.17) is 0 Å². The molecule has 0 aromatic heterocycles. The first-order chi connectivity index (χ1) is 9.82. The van der Waals surface area contributed by atoms with Crippen LogP contribution in [0.2, 0.25) is 0 Å². The zero-order valence-electron chi connectivity index (χ0n) is 12.0. The zero-order valence-corrected chi connectivity index (χ0v) is 12.8. The summed E-state index contributed by atoms with van der Waals surface area (Å²) in [5.74, 6) is 0.726. The second kappa shape index (κ2) is 6.58. The lowest BCUT2D eigenvalue weighted by molar-refractivity contribution is -0.137. The average Bonchev–Trinajstić information content (AvgIpc) is 2.36. The minimum absolute atomic E-state index is 0.546. The molecule has 0 atom stereocenters. The van der Waals surface area contributed by atoms with Gasteiger partial charge >= 0.3 is 6.18 Å². The number of thioether (sulfide) groups is 1. The Kier molecular flexibility index (Phi) is 5.22. The molecule has 1 fully saturated rings. The molecule has 1 heterocycles. The largest absolute Gasteiger partial charge is 0.416 e. The summed E-state index contributed by atoms with van der Waals surface area (Å²) >= 11 is 1.42. The first-order valence-corrected chi connectivity index (χ1v) is 8.06. The highest BCUT2D eigenvalue weighted by Crippen LogP contribution is 2.32. The van der Waals surface area contributed by atoms with E-state index in [1.54, 1.807) is 6.07 Å². The molecular weight excluding hydrogens is 299 g/mol. The van der Waals surface area contributed by atoms with Crippen molar-refractivity contribution in [2.75, 3.05) is 25.4 Å². The maximum atomic E-state index is 12.6. The number of hydrogen-bond donors (Lipinski definition) is 1. The van der Waals surface area contributed by atoms with Crippen molar-refractivity contribution in [2.45, 2.75) is 36.4 Å². The van der Waals surface area contributed by atoms with Gasteiger partial charge in [0.1, 0.15) is 0 Å². The third-order valence-electron chi connectivity index (χ3n) is 3.59. The van der Waals surface area contributed by atoms with Crippen LogP contribution in [0.5, 0.6) is 0 Å². The Hall–Kier alpha value is -0.720. The summed E-state index contributed by atoms with van der Waals surface area (Å²) in [5, 5.41) is 10.0. The third-order valence-corrected chi connectivity index (χ3v) is 4.56. The maximum Gasteiger partial charge on any atom is 0.416 e. The molecule has 1 aromatic carbocycles. The molecule has 0 spiro atoms. The van der Waals surface area contributed by atoms with Crippen LogP contribution in [0.3, 0.4) is 0 Å². The van der Waals surface area contributed by atoms with Gasteiger partial charge in [-0.3, -0.25) is 4.90 Å². The van der Waals surface area contributed by atoms with E-state index in [0.717, 1.165) is 31.2 Å². The van der Waals surface area contributed by atoms with Crippen molar-refractivity contribution < 1.29 is 18.3 Å². The molecule has 1 N–H and O–H groups in total. The van der Waals surface area contributed by atoms with Crippen molar-refractivity contribution in [3.63, 3.8) is 0 Å². The molecule has 0 bridgehead atoms. The first-order valence-electron chi connectivity index (χ1n) is 7.07. The molecule has 6 heteroatoms. The fourth-order valence-electron chi connectivity index (χ4n) is 2.62. The number of β-amino-alcohol motifs (C(OH)–C–C–N with tert-alkyl or cyclic N) is 1. The number of rotatable bonds is 6. The lowest BCUT2D eigenvalue weighted by Crippen LogP contribution is -2.61. The van der Waals surface area contributed by atoms with Crippen LogP contribution < -0.4 is 0 Å². The summed E-state index contributed by atoms with van der Waals surface area (Å²) in [6, 6.07) is 5.41. The van der Waals surface area contributed by atoms with Crippen LogP contribution in [0.15, 0.2) is 29.2 Å². The predicted octanol–water partition coefficient (Wildman–Crippen LogP) is 3.64. The van der Waals surface area contributed by atoms with Gasteiger partial charge in [0.05, 0.1) is 11.2 Å². The normalized spacial score (nSPS) is 18.5. The molecule has 2 rings (SSSR count). The SMILES string of the molecule is CCCC1(O)CN(CCSc2cccc(C(F)(F)F)c2)C1. The van der Waals surface area contributed by atoms with Crippen LogP contribution >= 0.6 is 11.8 Å². The Morgan fingerprint density at radius 1 is 1.33 bits per heavy atom. The highest BCUT2D eigenvalue weighted by atomic mass is 32.2. The number of aliphatic hydroxyl groups is 1. The number of likely N-dealkylation sites (tertiary alicyclic amines) is 1. The van der Waals surface area contributed by atoms with Gasteiger partial charge in [-0.15, -0.1) is 11.8 Å². The van der Waals surface area contributed by atoms with Gasteiger partial charge in [0.15, 0.2) is 0 Å². The fourth-order valence-corrected chi connectivity index (χ4v) is 3.59. The van der Waals surface area contributed by atoms with Crippen molar-refractivity contribution in [1.29, 1.82) is 0 Å². The smallest absolute Gasteiger partial charge is 0.387 e. The molecule has 0 saturated carbocycles. The summed E-state index contributed by atoms with van der Waals surface area (Å²) in [6.45, 7) is 4.17. The number of nitrogens with zero attached hydrogens (tertiary/aromatic N) is 1. The van der Waals surface area contributed by atoms with Crippen LogP contribution in [0.4, 0.5) is 13.2 Å². The van der Waals surface area contributed by atoms with Gasteiger partial charge in [0.25, 0.3) is 0 Å². The van der Waals surface area contributed by atoms with Gasteiger partial charge in [-0.05, 0) is 24.6 Å². The molecule has 1 aromatic rings. The number of hydrogen-bond acceptors (Lipinski definition) is 3. The Morgan fingerprint density at radius 3 is 2.67 bits per heavy atom. The van der Waals surface area contributed by atoms with Crippen LogP contribution in [0, 0.1) is 0 Å². The quantitative estimate of drug-likeness (QED) is 0.810. The molecule has 1 aliphatic heterocycles. The topological polar surface area (TPSA) is 23.5 Å². The Bertz CT molecular complexity index is 472. The van der Waals surface area contributed by atoms with Gasteiger partial charge in [-0.1, -0.05) is 19.4 Å². The molecule has 0 radical (unpaired) electrons. The number of halogens is 3. The summed E-state index contributed by atoms with van der Waals surface area (Å²) in [4.78, 5) is 2.77. The lowest BCUT2D eigenvalue weighted by Gasteiger charge is -2.46. The molecule has 0 unspecified atom stereocenters. The Balaban J connectivity index is 1.75. The van der Waals surface area contributed by atoms with Crippen LogP contribution in [-0.2, 0) is 6.18 Å². The summed E-state index contributed by atoms with van der Waals surface area (Å²) in [5.41, 5.74) is -1.15.